The molecule has 0 unspecified atom stereocenters. The maximum atomic E-state index is 6.25. The fourth-order valence-electron chi connectivity index (χ4n) is 2.35. The normalized spacial score (nSPS) is 16.9. The highest BCUT2D eigenvalue weighted by molar-refractivity contribution is 5.43. The molecule has 0 amide bonds. The van der Waals surface area contributed by atoms with Crippen LogP contribution in [0.15, 0.2) is 12.7 Å². The number of hydrogen-bond donors (Lipinski definition) is 1. The predicted molar refractivity (Wildman–Crippen MR) is 72.1 cm³/mol. The minimum atomic E-state index is 0.0269. The van der Waals surface area contributed by atoms with Crippen LogP contribution in [-0.4, -0.2) is 9.55 Å². The first kappa shape index (κ1) is 12.2. The molecule has 1 aliphatic rings. The third kappa shape index (κ3) is 2.11. The molecule has 1 aromatic heterocycles. The van der Waals surface area contributed by atoms with Crippen LogP contribution in [0, 0.1) is 0 Å². The third-order valence-corrected chi connectivity index (χ3v) is 3.51. The van der Waals surface area contributed by atoms with Crippen molar-refractivity contribution >= 4 is 5.82 Å². The van der Waals surface area contributed by atoms with Crippen molar-refractivity contribution in [3.8, 4) is 0 Å². The molecule has 1 saturated carbocycles. The largest absolute Gasteiger partial charge is 0.384 e. The van der Waals surface area contributed by atoms with Crippen LogP contribution >= 0.6 is 0 Å². The van der Waals surface area contributed by atoms with Gasteiger partial charge in [0, 0.05) is 17.9 Å². The number of imidazole rings is 1. The first-order valence-corrected chi connectivity index (χ1v) is 6.42. The summed E-state index contributed by atoms with van der Waals surface area (Å²) in [4.78, 5) is 4.81. The molecule has 2 rings (SSSR count). The first-order chi connectivity index (χ1) is 7.95. The number of nitrogen functional groups attached to an aromatic ring is 1. The van der Waals surface area contributed by atoms with Crippen LogP contribution in [0.5, 0.6) is 0 Å². The van der Waals surface area contributed by atoms with Crippen molar-refractivity contribution in [3.63, 3.8) is 0 Å². The van der Waals surface area contributed by atoms with Gasteiger partial charge in [-0.15, -0.1) is 6.58 Å². The number of rotatable bonds is 3. The zero-order valence-corrected chi connectivity index (χ0v) is 11.2. The molecule has 1 heterocycles. The molecule has 1 aromatic rings. The van der Waals surface area contributed by atoms with E-state index in [1.165, 1.54) is 19.3 Å². The van der Waals surface area contributed by atoms with Crippen molar-refractivity contribution in [3.05, 3.63) is 24.2 Å². The van der Waals surface area contributed by atoms with E-state index in [2.05, 4.69) is 31.9 Å². The van der Waals surface area contributed by atoms with Crippen LogP contribution < -0.4 is 5.73 Å². The Bertz CT molecular complexity index is 419. The van der Waals surface area contributed by atoms with Gasteiger partial charge in [0.1, 0.15) is 11.6 Å². The summed E-state index contributed by atoms with van der Waals surface area (Å²) in [6.07, 6.45) is 5.67. The average molecular weight is 233 g/mol. The molecule has 94 valence electrons. The number of aromatic nitrogens is 2. The van der Waals surface area contributed by atoms with Crippen LogP contribution in [0.25, 0.3) is 0 Å². The van der Waals surface area contributed by atoms with Gasteiger partial charge in [-0.3, -0.25) is 0 Å². The lowest BCUT2D eigenvalue weighted by molar-refractivity contribution is 0.411. The highest BCUT2D eigenvalue weighted by Gasteiger charge is 2.30. The molecule has 2 N–H and O–H groups in total. The number of nitrogens with two attached hydrogens (primary N) is 1. The van der Waals surface area contributed by atoms with Gasteiger partial charge in [0.15, 0.2) is 0 Å². The maximum Gasteiger partial charge on any atom is 0.127 e. The van der Waals surface area contributed by atoms with Crippen LogP contribution in [0.1, 0.15) is 57.5 Å². The third-order valence-electron chi connectivity index (χ3n) is 3.51. The van der Waals surface area contributed by atoms with Gasteiger partial charge in [-0.1, -0.05) is 33.3 Å². The molecule has 0 spiro atoms. The molecule has 1 aliphatic carbocycles. The molecule has 17 heavy (non-hydrogen) atoms. The quantitative estimate of drug-likeness (QED) is 0.815. The Morgan fingerprint density at radius 2 is 2.12 bits per heavy atom. The van der Waals surface area contributed by atoms with Crippen molar-refractivity contribution in [2.24, 2.45) is 0 Å². The second-order valence-electron chi connectivity index (χ2n) is 5.98. The minimum absolute atomic E-state index is 0.0269. The van der Waals surface area contributed by atoms with Gasteiger partial charge in [-0.05, 0) is 12.8 Å². The summed E-state index contributed by atoms with van der Waals surface area (Å²) in [5.41, 5.74) is 7.39. The Kier molecular flexibility index (Phi) is 3.02. The van der Waals surface area contributed by atoms with Gasteiger partial charge in [-0.25, -0.2) is 4.98 Å². The summed E-state index contributed by atoms with van der Waals surface area (Å²) >= 11 is 0. The molecule has 1 fully saturated rings. The van der Waals surface area contributed by atoms with Gasteiger partial charge < -0.3 is 10.3 Å². The van der Waals surface area contributed by atoms with Crippen LogP contribution in [-0.2, 0) is 12.0 Å². The van der Waals surface area contributed by atoms with Gasteiger partial charge in [0.25, 0.3) is 0 Å². The van der Waals surface area contributed by atoms with Crippen molar-refractivity contribution in [2.45, 2.75) is 57.9 Å². The van der Waals surface area contributed by atoms with Crippen LogP contribution in [0.4, 0.5) is 5.82 Å². The van der Waals surface area contributed by atoms with E-state index in [4.69, 9.17) is 10.7 Å². The van der Waals surface area contributed by atoms with Crippen LogP contribution in [0.3, 0.4) is 0 Å². The predicted octanol–water partition coefficient (Wildman–Crippen LogP) is 3.22. The second-order valence-corrected chi connectivity index (χ2v) is 5.98. The van der Waals surface area contributed by atoms with E-state index in [1.54, 1.807) is 0 Å². The van der Waals surface area contributed by atoms with E-state index in [1.807, 2.05) is 6.08 Å². The SMILES string of the molecule is C=CCn1c(C(C)(C)C)nc(C2CCC2)c1N. The molecule has 0 radical (unpaired) electrons. The van der Waals surface area contributed by atoms with Gasteiger partial charge >= 0.3 is 0 Å². The Balaban J connectivity index is 2.46. The van der Waals surface area contributed by atoms with Crippen molar-refractivity contribution in [1.29, 1.82) is 0 Å². The summed E-state index contributed by atoms with van der Waals surface area (Å²) < 4.78 is 2.11. The topological polar surface area (TPSA) is 43.8 Å². The molecule has 0 bridgehead atoms. The summed E-state index contributed by atoms with van der Waals surface area (Å²) in [7, 11) is 0. The molecule has 0 atom stereocenters. The second kappa shape index (κ2) is 4.21. The summed E-state index contributed by atoms with van der Waals surface area (Å²) in [5, 5.41) is 0. The van der Waals surface area contributed by atoms with E-state index >= 15 is 0 Å². The average Bonchev–Trinajstić information content (AvgIpc) is 2.44. The monoisotopic (exact) mass is 233 g/mol. The zero-order chi connectivity index (χ0) is 12.6. The Hall–Kier alpha value is -1.25. The van der Waals surface area contributed by atoms with Crippen LogP contribution in [0.2, 0.25) is 0 Å². The highest BCUT2D eigenvalue weighted by Crippen LogP contribution is 2.40. The smallest absolute Gasteiger partial charge is 0.127 e. The number of nitrogens with zero attached hydrogens (tertiary/aromatic N) is 2. The lowest BCUT2D eigenvalue weighted by Gasteiger charge is -2.24. The lowest BCUT2D eigenvalue weighted by Crippen LogP contribution is -2.19. The van der Waals surface area contributed by atoms with Gasteiger partial charge in [0.05, 0.1) is 5.69 Å². The molecular formula is C14H23N3. The lowest BCUT2D eigenvalue weighted by atomic mass is 9.83. The molecule has 0 saturated heterocycles. The number of anilines is 1. The molecule has 3 nitrogen and oxygen atoms in total. The molecule has 3 heteroatoms. The zero-order valence-electron chi connectivity index (χ0n) is 11.2. The molecule has 0 aliphatic heterocycles. The summed E-state index contributed by atoms with van der Waals surface area (Å²) in [6, 6.07) is 0. The number of allylic oxidation sites excluding steroid dienone is 1. The van der Waals surface area contributed by atoms with E-state index in [9.17, 15) is 0 Å². The van der Waals surface area contributed by atoms with Gasteiger partial charge in [-0.2, -0.15) is 0 Å². The van der Waals surface area contributed by atoms with E-state index in [0.717, 1.165) is 23.9 Å². The van der Waals surface area contributed by atoms with E-state index < -0.39 is 0 Å². The summed E-state index contributed by atoms with van der Waals surface area (Å²) in [5.74, 6) is 2.51. The standard InChI is InChI=1S/C14H23N3/c1-5-9-17-12(15)11(10-7-6-8-10)16-13(17)14(2,3)4/h5,10H,1,6-9,15H2,2-4H3. The van der Waals surface area contributed by atoms with E-state index in [-0.39, 0.29) is 5.41 Å². The fourth-order valence-corrected chi connectivity index (χ4v) is 2.35. The Morgan fingerprint density at radius 1 is 1.47 bits per heavy atom. The summed E-state index contributed by atoms with van der Waals surface area (Å²) in [6.45, 7) is 11.1. The first-order valence-electron chi connectivity index (χ1n) is 6.42. The Labute approximate surface area is 104 Å². The molecule has 0 aromatic carbocycles. The van der Waals surface area contributed by atoms with Gasteiger partial charge in [0.2, 0.25) is 0 Å². The van der Waals surface area contributed by atoms with Crippen molar-refractivity contribution < 1.29 is 0 Å². The Morgan fingerprint density at radius 3 is 2.53 bits per heavy atom. The minimum Gasteiger partial charge on any atom is -0.384 e. The highest BCUT2D eigenvalue weighted by atomic mass is 15.2. The van der Waals surface area contributed by atoms with E-state index in [0.29, 0.717) is 5.92 Å². The maximum absolute atomic E-state index is 6.25. The van der Waals surface area contributed by atoms with Crippen molar-refractivity contribution in [1.82, 2.24) is 9.55 Å². The fraction of sp³-hybridized carbons (Fsp3) is 0.643. The number of hydrogen-bond acceptors (Lipinski definition) is 2. The molecular weight excluding hydrogens is 210 g/mol. The van der Waals surface area contributed by atoms with Crippen molar-refractivity contribution in [2.75, 3.05) is 5.73 Å².